The molecule has 0 amide bonds. The van der Waals surface area contributed by atoms with Crippen LogP contribution in [0.1, 0.15) is 22.8 Å². The molecule has 2 aromatic rings. The number of nitrogens with one attached hydrogen (secondary N) is 1. The van der Waals surface area contributed by atoms with Gasteiger partial charge in [-0.05, 0) is 35.7 Å². The van der Waals surface area contributed by atoms with Crippen molar-refractivity contribution < 1.29 is 4.74 Å². The van der Waals surface area contributed by atoms with Crippen LogP contribution in [0.4, 0.5) is 5.69 Å². The van der Waals surface area contributed by atoms with Gasteiger partial charge in [-0.2, -0.15) is 5.26 Å². The lowest BCUT2D eigenvalue weighted by Gasteiger charge is -2.26. The van der Waals surface area contributed by atoms with Gasteiger partial charge in [0.15, 0.2) is 0 Å². The first-order valence-electron chi connectivity index (χ1n) is 6.91. The van der Waals surface area contributed by atoms with Crippen LogP contribution in [-0.4, -0.2) is 13.2 Å². The summed E-state index contributed by atoms with van der Waals surface area (Å²) >= 11 is 3.38. The Morgan fingerprint density at radius 3 is 3.00 bits per heavy atom. The van der Waals surface area contributed by atoms with Gasteiger partial charge in [-0.25, -0.2) is 0 Å². The topological polar surface area (TPSA) is 45.0 Å². The molecule has 4 heteroatoms. The summed E-state index contributed by atoms with van der Waals surface area (Å²) in [5.41, 5.74) is 4.07. The lowest BCUT2D eigenvalue weighted by atomic mass is 9.97. The number of fused-ring (bicyclic) bond motifs is 1. The fourth-order valence-corrected chi connectivity index (χ4v) is 2.97. The van der Waals surface area contributed by atoms with Crippen LogP contribution in [0.5, 0.6) is 0 Å². The number of hydrogen-bond acceptors (Lipinski definition) is 3. The number of hydrogen-bond donors (Lipinski definition) is 1. The van der Waals surface area contributed by atoms with Gasteiger partial charge in [0, 0.05) is 11.0 Å². The Balaban J connectivity index is 1.76. The number of nitriles is 1. The lowest BCUT2D eigenvalue weighted by molar-refractivity contribution is 0.0513. The number of halogens is 1. The van der Waals surface area contributed by atoms with Gasteiger partial charge in [-0.3, -0.25) is 0 Å². The molecular weight excluding hydrogens is 328 g/mol. The van der Waals surface area contributed by atoms with E-state index in [1.165, 1.54) is 11.1 Å². The second kappa shape index (κ2) is 6.30. The highest BCUT2D eigenvalue weighted by Crippen LogP contribution is 2.28. The molecule has 0 saturated carbocycles. The van der Waals surface area contributed by atoms with E-state index in [-0.39, 0.29) is 6.10 Å². The predicted octanol–water partition coefficient (Wildman–Crippen LogP) is 4.05. The van der Waals surface area contributed by atoms with Gasteiger partial charge < -0.3 is 10.1 Å². The molecule has 1 aliphatic heterocycles. The van der Waals surface area contributed by atoms with E-state index < -0.39 is 0 Å². The molecule has 1 unspecified atom stereocenters. The molecule has 1 heterocycles. The summed E-state index contributed by atoms with van der Waals surface area (Å²) < 4.78 is 6.78. The molecule has 21 heavy (non-hydrogen) atoms. The zero-order chi connectivity index (χ0) is 14.7. The maximum atomic E-state index is 9.20. The van der Waals surface area contributed by atoms with E-state index in [0.29, 0.717) is 12.1 Å². The Kier molecular flexibility index (Phi) is 4.23. The second-order valence-electron chi connectivity index (χ2n) is 4.99. The Labute approximate surface area is 132 Å². The first kappa shape index (κ1) is 14.1. The molecule has 0 aromatic heterocycles. The smallest absolute Gasteiger partial charge is 0.101 e. The van der Waals surface area contributed by atoms with Gasteiger partial charge in [-0.1, -0.05) is 40.2 Å². The van der Waals surface area contributed by atoms with Crippen LogP contribution in [0.2, 0.25) is 0 Å². The number of anilines is 1. The molecule has 1 N–H and O–H groups in total. The van der Waals surface area contributed by atoms with Crippen molar-refractivity contribution in [2.24, 2.45) is 0 Å². The number of nitrogens with zero attached hydrogens (tertiary/aromatic N) is 1. The Morgan fingerprint density at radius 2 is 2.14 bits per heavy atom. The first-order valence-corrected chi connectivity index (χ1v) is 7.70. The molecule has 3 rings (SSSR count). The maximum absolute atomic E-state index is 9.20. The second-order valence-corrected chi connectivity index (χ2v) is 5.91. The van der Waals surface area contributed by atoms with Crippen molar-refractivity contribution in [3.63, 3.8) is 0 Å². The molecule has 1 aliphatic rings. The van der Waals surface area contributed by atoms with Crippen molar-refractivity contribution >= 4 is 21.6 Å². The summed E-state index contributed by atoms with van der Waals surface area (Å²) in [6, 6.07) is 16.3. The molecule has 106 valence electrons. The highest BCUT2D eigenvalue weighted by atomic mass is 79.9. The lowest BCUT2D eigenvalue weighted by Crippen LogP contribution is -2.22. The van der Waals surface area contributed by atoms with Crippen LogP contribution < -0.4 is 5.32 Å². The average molecular weight is 343 g/mol. The predicted molar refractivity (Wildman–Crippen MR) is 86.2 cm³/mol. The Bertz CT molecular complexity index is 693. The highest BCUT2D eigenvalue weighted by molar-refractivity contribution is 9.10. The van der Waals surface area contributed by atoms with Gasteiger partial charge in [0.2, 0.25) is 0 Å². The van der Waals surface area contributed by atoms with Gasteiger partial charge >= 0.3 is 0 Å². The zero-order valence-corrected chi connectivity index (χ0v) is 13.1. The van der Waals surface area contributed by atoms with Crippen LogP contribution in [0.3, 0.4) is 0 Å². The molecule has 0 bridgehead atoms. The van der Waals surface area contributed by atoms with Crippen molar-refractivity contribution in [2.45, 2.75) is 12.5 Å². The summed E-state index contributed by atoms with van der Waals surface area (Å²) in [5, 5.41) is 12.5. The van der Waals surface area contributed by atoms with Crippen LogP contribution in [-0.2, 0) is 11.2 Å². The highest BCUT2D eigenvalue weighted by Gasteiger charge is 2.20. The first-order chi connectivity index (χ1) is 10.3. The summed E-state index contributed by atoms with van der Waals surface area (Å²) in [7, 11) is 0. The Morgan fingerprint density at radius 1 is 1.29 bits per heavy atom. The van der Waals surface area contributed by atoms with E-state index in [0.717, 1.165) is 23.2 Å². The van der Waals surface area contributed by atoms with E-state index in [9.17, 15) is 5.26 Å². The fraction of sp³-hybridized carbons (Fsp3) is 0.235. The van der Waals surface area contributed by atoms with E-state index in [2.05, 4.69) is 45.5 Å². The van der Waals surface area contributed by atoms with Gasteiger partial charge in [0.05, 0.1) is 24.0 Å². The molecule has 0 radical (unpaired) electrons. The minimum Gasteiger partial charge on any atom is -0.381 e. The maximum Gasteiger partial charge on any atom is 0.101 e. The largest absolute Gasteiger partial charge is 0.381 e. The van der Waals surface area contributed by atoms with E-state index in [1.54, 1.807) is 0 Å². The molecule has 0 fully saturated rings. The molecule has 0 aliphatic carbocycles. The normalized spacial score (nSPS) is 16.9. The van der Waals surface area contributed by atoms with Crippen molar-refractivity contribution in [2.75, 3.05) is 18.5 Å². The minimum absolute atomic E-state index is 0.0325. The van der Waals surface area contributed by atoms with E-state index in [4.69, 9.17) is 4.74 Å². The number of ether oxygens (including phenoxy) is 1. The van der Waals surface area contributed by atoms with Crippen LogP contribution in [0.15, 0.2) is 46.9 Å². The average Bonchev–Trinajstić information content (AvgIpc) is 2.53. The summed E-state index contributed by atoms with van der Waals surface area (Å²) in [6.45, 7) is 1.40. The van der Waals surface area contributed by atoms with Gasteiger partial charge in [-0.15, -0.1) is 0 Å². The van der Waals surface area contributed by atoms with Crippen LogP contribution in [0.25, 0.3) is 0 Å². The van der Waals surface area contributed by atoms with Gasteiger partial charge in [0.1, 0.15) is 6.07 Å². The molecule has 1 atom stereocenters. The quantitative estimate of drug-likeness (QED) is 0.915. The SMILES string of the molecule is N#Cc1cc(Br)ccc1NCC1OCCc2ccccc21. The van der Waals surface area contributed by atoms with Crippen molar-refractivity contribution in [1.82, 2.24) is 0 Å². The fourth-order valence-electron chi connectivity index (χ4n) is 2.61. The monoisotopic (exact) mass is 342 g/mol. The third-order valence-electron chi connectivity index (χ3n) is 3.67. The zero-order valence-electron chi connectivity index (χ0n) is 11.5. The Hall–Kier alpha value is -1.83. The third kappa shape index (κ3) is 3.10. The third-order valence-corrected chi connectivity index (χ3v) is 4.17. The van der Waals surface area contributed by atoms with Crippen LogP contribution in [0, 0.1) is 11.3 Å². The van der Waals surface area contributed by atoms with E-state index >= 15 is 0 Å². The molecule has 0 saturated heterocycles. The van der Waals surface area contributed by atoms with Gasteiger partial charge in [0.25, 0.3) is 0 Å². The molecular formula is C17H15BrN2O. The van der Waals surface area contributed by atoms with Crippen molar-refractivity contribution in [3.8, 4) is 6.07 Å². The van der Waals surface area contributed by atoms with Crippen molar-refractivity contribution in [1.29, 1.82) is 5.26 Å². The molecule has 2 aromatic carbocycles. The summed E-state index contributed by atoms with van der Waals surface area (Å²) in [4.78, 5) is 0. The summed E-state index contributed by atoms with van der Waals surface area (Å²) in [6.07, 6.45) is 0.999. The summed E-state index contributed by atoms with van der Waals surface area (Å²) in [5.74, 6) is 0. The number of rotatable bonds is 3. The van der Waals surface area contributed by atoms with E-state index in [1.807, 2.05) is 24.3 Å². The van der Waals surface area contributed by atoms with Crippen molar-refractivity contribution in [3.05, 3.63) is 63.6 Å². The minimum atomic E-state index is 0.0325. The standard InChI is InChI=1S/C17H15BrN2O/c18-14-5-6-16(13(9-14)10-19)20-11-17-15-4-2-1-3-12(15)7-8-21-17/h1-6,9,17,20H,7-8,11H2. The molecule has 0 spiro atoms. The van der Waals surface area contributed by atoms with Crippen LogP contribution >= 0.6 is 15.9 Å². The number of benzene rings is 2. The molecule has 3 nitrogen and oxygen atoms in total.